The zero-order valence-corrected chi connectivity index (χ0v) is 6.48. The second-order valence-corrected chi connectivity index (χ2v) is 2.39. The predicted octanol–water partition coefficient (Wildman–Crippen LogP) is 1.10. The molecule has 0 aliphatic carbocycles. The lowest BCUT2D eigenvalue weighted by Crippen LogP contribution is -2.27. The van der Waals surface area contributed by atoms with Gasteiger partial charge in [0, 0.05) is 0 Å². The van der Waals surface area contributed by atoms with Gasteiger partial charge in [-0.3, -0.25) is 0 Å². The summed E-state index contributed by atoms with van der Waals surface area (Å²) < 4.78 is 0. The average molecular weight is 129 g/mol. The second-order valence-electron chi connectivity index (χ2n) is 2.39. The summed E-state index contributed by atoms with van der Waals surface area (Å²) >= 11 is 0. The molecular weight excluding hydrogens is 114 g/mol. The molecule has 0 N–H and O–H groups in total. The molecule has 0 aliphatic heterocycles. The molecule has 0 spiro atoms. The highest BCUT2D eigenvalue weighted by molar-refractivity contribution is 5.77. The maximum absolute atomic E-state index is 10.8. The molecule has 53 valence electrons. The molecule has 0 saturated carbocycles. The number of hydrogen-bond donors (Lipinski definition) is 0. The lowest BCUT2D eigenvalue weighted by molar-refractivity contribution is -0.124. The van der Waals surface area contributed by atoms with Crippen LogP contribution < -0.4 is 4.90 Å². The van der Waals surface area contributed by atoms with E-state index in [-0.39, 0.29) is 5.91 Å². The average Bonchev–Trinajstić information content (AvgIpc) is 1.82. The van der Waals surface area contributed by atoms with E-state index in [0.29, 0.717) is 6.42 Å². The molecule has 0 aromatic rings. The molecular formula is C7H15NO+. The van der Waals surface area contributed by atoms with Crippen LogP contribution in [0.3, 0.4) is 0 Å². The topological polar surface area (TPSA) is 23.0 Å². The normalized spacial score (nSPS) is 10.2. The van der Waals surface area contributed by atoms with E-state index < -0.39 is 0 Å². The summed E-state index contributed by atoms with van der Waals surface area (Å²) in [5.74, 6) is 0.233. The number of amides is 1. The molecule has 0 rings (SSSR count). The highest BCUT2D eigenvalue weighted by atomic mass is 16.2. The maximum atomic E-state index is 10.8. The van der Waals surface area contributed by atoms with E-state index in [1.807, 2.05) is 0 Å². The molecule has 0 aromatic heterocycles. The highest BCUT2D eigenvalue weighted by Crippen LogP contribution is 1.94. The number of carbonyl (C=O) groups excluding carboxylic acids is 1. The summed E-state index contributed by atoms with van der Waals surface area (Å²) in [5.41, 5.74) is 0. The Bertz CT molecular complexity index is 88.9. The number of carbonyl (C=O) groups is 1. The van der Waals surface area contributed by atoms with Gasteiger partial charge < -0.3 is 0 Å². The zero-order valence-electron chi connectivity index (χ0n) is 6.48. The van der Waals surface area contributed by atoms with Crippen LogP contribution in [0.4, 0.5) is 0 Å². The Morgan fingerprint density at radius 1 is 1.44 bits per heavy atom. The first-order valence-corrected chi connectivity index (χ1v) is 3.38. The van der Waals surface area contributed by atoms with Gasteiger partial charge in [-0.1, -0.05) is 13.3 Å². The number of nitrogens with zero attached hydrogens (tertiary/aromatic N) is 1. The van der Waals surface area contributed by atoms with Crippen LogP contribution in [0.1, 0.15) is 26.2 Å². The first-order chi connectivity index (χ1) is 4.18. The quantitative estimate of drug-likeness (QED) is 0.523. The number of hydrogen-bond acceptors (Lipinski definition) is 1. The van der Waals surface area contributed by atoms with Gasteiger partial charge in [0.25, 0.3) is 0 Å². The van der Waals surface area contributed by atoms with E-state index >= 15 is 0 Å². The third-order valence-corrected chi connectivity index (χ3v) is 1.24. The number of unbranched alkanes of at least 4 members (excludes halogenated alkanes) is 1. The van der Waals surface area contributed by atoms with Crippen LogP contribution in [0.5, 0.6) is 0 Å². The van der Waals surface area contributed by atoms with Gasteiger partial charge in [0.15, 0.2) is 0 Å². The van der Waals surface area contributed by atoms with Crippen LogP contribution >= 0.6 is 0 Å². The summed E-state index contributed by atoms with van der Waals surface area (Å²) in [6, 6.07) is 0. The summed E-state index contributed by atoms with van der Waals surface area (Å²) in [4.78, 5) is 12.5. The molecule has 1 radical (unpaired) electrons. The SMILES string of the molecule is CCCCC(=O)[N+](C)C. The first kappa shape index (κ1) is 8.63. The number of rotatable bonds is 3. The van der Waals surface area contributed by atoms with Crippen LogP contribution in [0.25, 0.3) is 0 Å². The predicted molar refractivity (Wildman–Crippen MR) is 38.5 cm³/mol. The van der Waals surface area contributed by atoms with Crippen LogP contribution in [-0.4, -0.2) is 20.0 Å². The lowest BCUT2D eigenvalue weighted by Gasteiger charge is -1.94. The largest absolute Gasteiger partial charge is 0.360 e. The molecule has 1 amide bonds. The third kappa shape index (κ3) is 4.15. The molecule has 0 unspecified atom stereocenters. The molecule has 0 fully saturated rings. The first-order valence-electron chi connectivity index (χ1n) is 3.38. The van der Waals surface area contributed by atoms with Gasteiger partial charge in [0.1, 0.15) is 14.1 Å². The van der Waals surface area contributed by atoms with Crippen molar-refractivity contribution < 1.29 is 4.79 Å². The fraction of sp³-hybridized carbons (Fsp3) is 0.857. The Hall–Kier alpha value is -0.370. The minimum Gasteiger partial charge on any atom is -0.225 e. The highest BCUT2D eigenvalue weighted by Gasteiger charge is 2.11. The Labute approximate surface area is 56.9 Å². The van der Waals surface area contributed by atoms with Crippen molar-refractivity contribution >= 4 is 5.91 Å². The zero-order chi connectivity index (χ0) is 7.28. The Kier molecular flexibility index (Phi) is 4.32. The molecule has 0 aromatic carbocycles. The van der Waals surface area contributed by atoms with Crippen molar-refractivity contribution in [1.29, 1.82) is 0 Å². The minimum absolute atomic E-state index is 0.233. The van der Waals surface area contributed by atoms with Gasteiger partial charge in [-0.25, -0.2) is 4.79 Å². The maximum Gasteiger partial charge on any atom is 0.360 e. The van der Waals surface area contributed by atoms with Gasteiger partial charge in [0.2, 0.25) is 0 Å². The van der Waals surface area contributed by atoms with Gasteiger partial charge in [-0.2, -0.15) is 0 Å². The molecule has 0 aliphatic rings. The second kappa shape index (κ2) is 4.50. The molecule has 0 heterocycles. The third-order valence-electron chi connectivity index (χ3n) is 1.24. The van der Waals surface area contributed by atoms with E-state index in [1.54, 1.807) is 19.0 Å². The van der Waals surface area contributed by atoms with Crippen molar-refractivity contribution in [3.8, 4) is 0 Å². The lowest BCUT2D eigenvalue weighted by atomic mass is 10.2. The summed E-state index contributed by atoms with van der Waals surface area (Å²) in [7, 11) is 3.58. The summed E-state index contributed by atoms with van der Waals surface area (Å²) in [6.07, 6.45) is 2.81. The van der Waals surface area contributed by atoms with E-state index in [0.717, 1.165) is 12.8 Å². The molecule has 0 saturated heterocycles. The molecule has 9 heavy (non-hydrogen) atoms. The smallest absolute Gasteiger partial charge is 0.225 e. The van der Waals surface area contributed by atoms with Gasteiger partial charge in [-0.05, 0) is 6.42 Å². The molecule has 2 heteroatoms. The molecule has 0 atom stereocenters. The van der Waals surface area contributed by atoms with E-state index in [1.165, 1.54) is 0 Å². The van der Waals surface area contributed by atoms with Crippen LogP contribution in [0, 0.1) is 0 Å². The van der Waals surface area contributed by atoms with E-state index in [4.69, 9.17) is 0 Å². The summed E-state index contributed by atoms with van der Waals surface area (Å²) in [6.45, 7) is 2.09. The van der Waals surface area contributed by atoms with Crippen molar-refractivity contribution in [3.05, 3.63) is 0 Å². The van der Waals surface area contributed by atoms with Gasteiger partial charge >= 0.3 is 5.91 Å². The van der Waals surface area contributed by atoms with Crippen LogP contribution in [0.15, 0.2) is 0 Å². The van der Waals surface area contributed by atoms with Crippen LogP contribution in [-0.2, 0) is 4.79 Å². The molecule has 0 bridgehead atoms. The van der Waals surface area contributed by atoms with E-state index in [9.17, 15) is 4.79 Å². The Morgan fingerprint density at radius 3 is 2.33 bits per heavy atom. The van der Waals surface area contributed by atoms with Crippen molar-refractivity contribution in [2.45, 2.75) is 26.2 Å². The fourth-order valence-corrected chi connectivity index (χ4v) is 0.552. The van der Waals surface area contributed by atoms with Crippen molar-refractivity contribution in [2.24, 2.45) is 0 Å². The Balaban J connectivity index is 3.28. The standard InChI is InChI=1S/C7H15NO/c1-4-5-6-7(9)8(2)3/h4-6H2,1-3H3/q+1. The minimum atomic E-state index is 0.233. The molecule has 2 nitrogen and oxygen atoms in total. The fourth-order valence-electron chi connectivity index (χ4n) is 0.552. The Morgan fingerprint density at radius 2 is 2.00 bits per heavy atom. The monoisotopic (exact) mass is 129 g/mol. The summed E-state index contributed by atoms with van der Waals surface area (Å²) in [5, 5.41) is 0. The van der Waals surface area contributed by atoms with Gasteiger partial charge in [-0.15, -0.1) is 4.90 Å². The van der Waals surface area contributed by atoms with E-state index in [2.05, 4.69) is 6.92 Å². The van der Waals surface area contributed by atoms with Gasteiger partial charge in [0.05, 0.1) is 6.42 Å². The van der Waals surface area contributed by atoms with Crippen molar-refractivity contribution in [2.75, 3.05) is 14.1 Å². The van der Waals surface area contributed by atoms with Crippen molar-refractivity contribution in [3.63, 3.8) is 0 Å². The van der Waals surface area contributed by atoms with Crippen LogP contribution in [0.2, 0.25) is 0 Å². The van der Waals surface area contributed by atoms with Crippen molar-refractivity contribution in [1.82, 2.24) is 4.90 Å².